The number of halogens is 2. The molecule has 8 nitrogen and oxygen atoms in total. The van der Waals surface area contributed by atoms with E-state index >= 15 is 0 Å². The summed E-state index contributed by atoms with van der Waals surface area (Å²) in [5.74, 6) is 1.65. The van der Waals surface area contributed by atoms with Crippen LogP contribution in [0.25, 0.3) is 11.0 Å². The average Bonchev–Trinajstić information content (AvgIpc) is 3.46. The van der Waals surface area contributed by atoms with Crippen LogP contribution in [0.3, 0.4) is 0 Å². The van der Waals surface area contributed by atoms with Crippen LogP contribution >= 0.6 is 23.2 Å². The van der Waals surface area contributed by atoms with E-state index in [4.69, 9.17) is 27.6 Å². The molecule has 0 radical (unpaired) electrons. The normalized spacial score (nSPS) is 15.9. The van der Waals surface area contributed by atoms with E-state index in [1.165, 1.54) is 0 Å². The molecule has 1 unspecified atom stereocenters. The summed E-state index contributed by atoms with van der Waals surface area (Å²) in [7, 11) is 0. The van der Waals surface area contributed by atoms with Crippen molar-refractivity contribution in [3.8, 4) is 0 Å². The molecule has 0 aliphatic carbocycles. The molecule has 5 rings (SSSR count). The molecule has 0 amide bonds. The first-order chi connectivity index (χ1) is 16.2. The predicted octanol–water partition coefficient (Wildman–Crippen LogP) is 4.83. The summed E-state index contributed by atoms with van der Waals surface area (Å²) >= 11 is 12.8. The minimum absolute atomic E-state index is 0.185. The molecule has 10 heteroatoms. The van der Waals surface area contributed by atoms with Gasteiger partial charge >= 0.3 is 0 Å². The Morgan fingerprint density at radius 2 is 1.82 bits per heavy atom. The van der Waals surface area contributed by atoms with E-state index in [1.54, 1.807) is 12.4 Å². The number of hydrogen-bond donors (Lipinski definition) is 0. The van der Waals surface area contributed by atoms with Gasteiger partial charge in [0.15, 0.2) is 5.82 Å². The number of piperazine rings is 1. The average molecular weight is 486 g/mol. The van der Waals surface area contributed by atoms with Gasteiger partial charge in [0.05, 0.1) is 15.7 Å². The molecule has 0 bridgehead atoms. The van der Waals surface area contributed by atoms with Gasteiger partial charge in [-0.2, -0.15) is 0 Å². The molecular formula is C23H25Cl2N7O. The van der Waals surface area contributed by atoms with E-state index in [-0.39, 0.29) is 6.04 Å². The highest BCUT2D eigenvalue weighted by Crippen LogP contribution is 2.36. The SMILES string of the molecule is CCCCn1nnnc1C(c1cc2ccccc2o1)N1CCN(c2c(Cl)cncc2Cl)CC1. The zero-order valence-corrected chi connectivity index (χ0v) is 19.9. The van der Waals surface area contributed by atoms with Gasteiger partial charge in [0.1, 0.15) is 17.4 Å². The summed E-state index contributed by atoms with van der Waals surface area (Å²) in [6, 6.07) is 9.96. The lowest BCUT2D eigenvalue weighted by molar-refractivity contribution is 0.182. The van der Waals surface area contributed by atoms with Crippen molar-refractivity contribution < 1.29 is 4.42 Å². The number of rotatable bonds is 7. The molecule has 1 atom stereocenters. The smallest absolute Gasteiger partial charge is 0.176 e. The maximum atomic E-state index is 6.41. The van der Waals surface area contributed by atoms with Crippen LogP contribution in [0.5, 0.6) is 0 Å². The highest BCUT2D eigenvalue weighted by molar-refractivity contribution is 6.38. The van der Waals surface area contributed by atoms with Crippen molar-refractivity contribution in [2.24, 2.45) is 0 Å². The Morgan fingerprint density at radius 1 is 1.06 bits per heavy atom. The monoisotopic (exact) mass is 485 g/mol. The van der Waals surface area contributed by atoms with Crippen molar-refractivity contribution in [1.29, 1.82) is 0 Å². The third-order valence-electron chi connectivity index (χ3n) is 6.07. The zero-order valence-electron chi connectivity index (χ0n) is 18.4. The first-order valence-corrected chi connectivity index (χ1v) is 11.9. The zero-order chi connectivity index (χ0) is 22.8. The number of nitrogens with zero attached hydrogens (tertiary/aromatic N) is 7. The first-order valence-electron chi connectivity index (χ1n) is 11.2. The van der Waals surface area contributed by atoms with Crippen molar-refractivity contribution in [2.75, 3.05) is 31.1 Å². The highest BCUT2D eigenvalue weighted by Gasteiger charge is 2.33. The van der Waals surface area contributed by atoms with Crippen molar-refractivity contribution in [3.05, 3.63) is 64.4 Å². The van der Waals surface area contributed by atoms with Gasteiger partial charge in [0.2, 0.25) is 0 Å². The molecule has 0 N–H and O–H groups in total. The van der Waals surface area contributed by atoms with E-state index in [0.717, 1.165) is 73.8 Å². The van der Waals surface area contributed by atoms with Gasteiger partial charge in [0, 0.05) is 50.5 Å². The molecule has 1 aromatic carbocycles. The quantitative estimate of drug-likeness (QED) is 0.370. The van der Waals surface area contributed by atoms with Crippen LogP contribution in [0.2, 0.25) is 10.0 Å². The second kappa shape index (κ2) is 9.67. The third-order valence-corrected chi connectivity index (χ3v) is 6.62. The number of hydrogen-bond acceptors (Lipinski definition) is 7. The van der Waals surface area contributed by atoms with Crippen molar-refractivity contribution >= 4 is 39.9 Å². The highest BCUT2D eigenvalue weighted by atomic mass is 35.5. The number of furan rings is 1. The lowest BCUT2D eigenvalue weighted by atomic mass is 10.1. The number of para-hydroxylation sites is 1. The van der Waals surface area contributed by atoms with Crippen LogP contribution in [0.4, 0.5) is 5.69 Å². The second-order valence-corrected chi connectivity index (χ2v) is 8.99. The van der Waals surface area contributed by atoms with Crippen LogP contribution in [-0.4, -0.2) is 56.3 Å². The number of tetrazole rings is 1. The maximum Gasteiger partial charge on any atom is 0.176 e. The van der Waals surface area contributed by atoms with Crippen LogP contribution in [0.1, 0.15) is 37.4 Å². The van der Waals surface area contributed by atoms with Crippen molar-refractivity contribution in [2.45, 2.75) is 32.4 Å². The fraction of sp³-hybridized carbons (Fsp3) is 0.391. The number of aryl methyl sites for hydroxylation is 1. The Balaban J connectivity index is 1.46. The molecule has 33 heavy (non-hydrogen) atoms. The number of aromatic nitrogens is 5. The first kappa shape index (κ1) is 22.1. The Morgan fingerprint density at radius 3 is 2.55 bits per heavy atom. The fourth-order valence-electron chi connectivity index (χ4n) is 4.39. The van der Waals surface area contributed by atoms with Crippen LogP contribution in [-0.2, 0) is 6.54 Å². The molecule has 1 fully saturated rings. The summed E-state index contributed by atoms with van der Waals surface area (Å²) < 4.78 is 8.21. The van der Waals surface area contributed by atoms with E-state index in [2.05, 4.69) is 49.4 Å². The Labute approximate surface area is 202 Å². The van der Waals surface area contributed by atoms with Gasteiger partial charge < -0.3 is 9.32 Å². The third kappa shape index (κ3) is 4.43. The standard InChI is InChI=1S/C23H25Cl2N7O/c1-2-3-8-32-23(27-28-29-32)22(20-13-16-6-4-5-7-19(16)33-20)31-11-9-30(10-12-31)21-17(24)14-26-15-18(21)25/h4-7,13-15,22H,2-3,8-12H2,1H3. The molecule has 4 heterocycles. The van der Waals surface area contributed by atoms with E-state index in [9.17, 15) is 0 Å². The largest absolute Gasteiger partial charge is 0.459 e. The summed E-state index contributed by atoms with van der Waals surface area (Å²) in [5, 5.41) is 14.9. The Bertz CT molecular complexity index is 1180. The number of pyridine rings is 1. The van der Waals surface area contributed by atoms with Gasteiger partial charge in [-0.3, -0.25) is 9.88 Å². The van der Waals surface area contributed by atoms with Crippen molar-refractivity contribution in [3.63, 3.8) is 0 Å². The molecule has 3 aromatic heterocycles. The minimum Gasteiger partial charge on any atom is -0.459 e. The van der Waals surface area contributed by atoms with Crippen molar-refractivity contribution in [1.82, 2.24) is 30.1 Å². The summed E-state index contributed by atoms with van der Waals surface area (Å²) in [5.41, 5.74) is 1.69. The predicted molar refractivity (Wildman–Crippen MR) is 129 cm³/mol. The number of unbranched alkanes of at least 4 members (excludes halogenated alkanes) is 1. The fourth-order valence-corrected chi connectivity index (χ4v) is 5.00. The molecule has 1 aliphatic rings. The summed E-state index contributed by atoms with van der Waals surface area (Å²) in [6.45, 7) is 6.01. The van der Waals surface area contributed by atoms with E-state index < -0.39 is 0 Å². The van der Waals surface area contributed by atoms with Gasteiger partial charge in [-0.05, 0) is 29.0 Å². The van der Waals surface area contributed by atoms with E-state index in [1.807, 2.05) is 22.9 Å². The minimum atomic E-state index is -0.185. The van der Waals surface area contributed by atoms with Crippen LogP contribution in [0.15, 0.2) is 47.1 Å². The van der Waals surface area contributed by atoms with Gasteiger partial charge in [0.25, 0.3) is 0 Å². The van der Waals surface area contributed by atoms with Gasteiger partial charge in [-0.25, -0.2) is 4.68 Å². The summed E-state index contributed by atoms with van der Waals surface area (Å²) in [6.07, 6.45) is 5.35. The molecule has 172 valence electrons. The number of fused-ring (bicyclic) bond motifs is 1. The molecule has 0 spiro atoms. The molecule has 1 aliphatic heterocycles. The number of benzene rings is 1. The van der Waals surface area contributed by atoms with E-state index in [0.29, 0.717) is 10.0 Å². The van der Waals surface area contributed by atoms with Gasteiger partial charge in [-0.1, -0.05) is 54.7 Å². The second-order valence-electron chi connectivity index (χ2n) is 8.18. The van der Waals surface area contributed by atoms with Crippen LogP contribution in [0, 0.1) is 0 Å². The maximum absolute atomic E-state index is 6.41. The van der Waals surface area contributed by atoms with Crippen LogP contribution < -0.4 is 4.90 Å². The summed E-state index contributed by atoms with van der Waals surface area (Å²) in [4.78, 5) is 8.65. The molecule has 1 saturated heterocycles. The molecular weight excluding hydrogens is 461 g/mol. The molecule has 0 saturated carbocycles. The molecule has 4 aromatic rings. The Kier molecular flexibility index (Phi) is 6.48. The lowest BCUT2D eigenvalue weighted by Gasteiger charge is -2.39. The topological polar surface area (TPSA) is 76.1 Å². The Hall–Kier alpha value is -2.68. The van der Waals surface area contributed by atoms with Gasteiger partial charge in [-0.15, -0.1) is 5.10 Å². The number of anilines is 1. The lowest BCUT2D eigenvalue weighted by Crippen LogP contribution is -2.48.